The Morgan fingerprint density at radius 3 is 1.71 bits per heavy atom. The third-order valence-corrected chi connectivity index (χ3v) is 8.21. The number of nitrogens with zero attached hydrogens (tertiary/aromatic N) is 1. The molecular formula is C42H30N2O. The number of anilines is 5. The van der Waals surface area contributed by atoms with Gasteiger partial charge < -0.3 is 14.6 Å². The zero-order valence-electron chi connectivity index (χ0n) is 24.6. The van der Waals surface area contributed by atoms with Gasteiger partial charge in [-0.05, 0) is 76.9 Å². The van der Waals surface area contributed by atoms with Crippen LogP contribution in [0.2, 0.25) is 0 Å². The summed E-state index contributed by atoms with van der Waals surface area (Å²) in [6, 6.07) is 61.5. The van der Waals surface area contributed by atoms with Crippen LogP contribution in [0.3, 0.4) is 0 Å². The van der Waals surface area contributed by atoms with Crippen LogP contribution >= 0.6 is 0 Å². The SMILES string of the molecule is c1ccc(-c2ccc(N(c3ccccc3)c3cc(Nc4cccc5c4oc4ccccc45)cc(-c4ccccc4)c3)cc2)cc1. The van der Waals surface area contributed by atoms with E-state index in [1.54, 1.807) is 0 Å². The molecule has 0 spiro atoms. The minimum Gasteiger partial charge on any atom is -0.454 e. The first kappa shape index (κ1) is 26.6. The molecule has 0 saturated carbocycles. The number of furan rings is 1. The van der Waals surface area contributed by atoms with E-state index in [-0.39, 0.29) is 0 Å². The molecule has 0 unspecified atom stereocenters. The third kappa shape index (κ3) is 5.21. The number of rotatable bonds is 7. The number of para-hydroxylation sites is 3. The summed E-state index contributed by atoms with van der Waals surface area (Å²) in [6.45, 7) is 0. The van der Waals surface area contributed by atoms with Crippen molar-refractivity contribution >= 4 is 50.4 Å². The van der Waals surface area contributed by atoms with Gasteiger partial charge in [-0.1, -0.05) is 121 Å². The smallest absolute Gasteiger partial charge is 0.158 e. The molecule has 0 fully saturated rings. The molecule has 7 aromatic carbocycles. The second-order valence-electron chi connectivity index (χ2n) is 11.1. The van der Waals surface area contributed by atoms with Gasteiger partial charge in [0, 0.05) is 33.5 Å². The van der Waals surface area contributed by atoms with Crippen molar-refractivity contribution in [1.82, 2.24) is 0 Å². The normalized spacial score (nSPS) is 11.1. The fourth-order valence-electron chi connectivity index (χ4n) is 6.07. The van der Waals surface area contributed by atoms with Crippen molar-refractivity contribution in [3.8, 4) is 22.3 Å². The Labute approximate surface area is 262 Å². The second kappa shape index (κ2) is 11.6. The monoisotopic (exact) mass is 578 g/mol. The molecule has 8 aromatic rings. The molecule has 0 aliphatic heterocycles. The van der Waals surface area contributed by atoms with E-state index in [2.05, 4.69) is 174 Å². The van der Waals surface area contributed by atoms with Crippen LogP contribution in [-0.2, 0) is 0 Å². The number of hydrogen-bond donors (Lipinski definition) is 1. The Kier molecular flexibility index (Phi) is 6.82. The number of benzene rings is 7. The zero-order valence-corrected chi connectivity index (χ0v) is 24.6. The Bertz CT molecular complexity index is 2220. The first-order valence-corrected chi connectivity index (χ1v) is 15.2. The molecule has 214 valence electrons. The van der Waals surface area contributed by atoms with Gasteiger partial charge in [-0.25, -0.2) is 0 Å². The quantitative estimate of drug-likeness (QED) is 0.204. The molecule has 45 heavy (non-hydrogen) atoms. The Balaban J connectivity index is 1.27. The van der Waals surface area contributed by atoms with Gasteiger partial charge in [0.15, 0.2) is 5.58 Å². The molecule has 0 bridgehead atoms. The summed E-state index contributed by atoms with van der Waals surface area (Å²) in [5.74, 6) is 0. The maximum atomic E-state index is 6.36. The average Bonchev–Trinajstić information content (AvgIpc) is 3.50. The van der Waals surface area contributed by atoms with Crippen molar-refractivity contribution in [2.24, 2.45) is 0 Å². The summed E-state index contributed by atoms with van der Waals surface area (Å²) in [7, 11) is 0. The molecule has 0 aliphatic carbocycles. The van der Waals surface area contributed by atoms with Gasteiger partial charge in [-0.15, -0.1) is 0 Å². The first-order valence-electron chi connectivity index (χ1n) is 15.2. The summed E-state index contributed by atoms with van der Waals surface area (Å²) in [5, 5.41) is 5.94. The molecule has 0 amide bonds. The highest BCUT2D eigenvalue weighted by molar-refractivity contribution is 6.09. The number of fused-ring (bicyclic) bond motifs is 3. The van der Waals surface area contributed by atoms with Crippen LogP contribution in [0.5, 0.6) is 0 Å². The second-order valence-corrected chi connectivity index (χ2v) is 11.1. The lowest BCUT2D eigenvalue weighted by atomic mass is 10.0. The van der Waals surface area contributed by atoms with Crippen molar-refractivity contribution in [2.45, 2.75) is 0 Å². The summed E-state index contributed by atoms with van der Waals surface area (Å²) in [4.78, 5) is 2.31. The van der Waals surface area contributed by atoms with Crippen LogP contribution < -0.4 is 10.2 Å². The van der Waals surface area contributed by atoms with Gasteiger partial charge in [0.25, 0.3) is 0 Å². The molecule has 3 nitrogen and oxygen atoms in total. The fourth-order valence-corrected chi connectivity index (χ4v) is 6.07. The molecule has 0 saturated heterocycles. The predicted molar refractivity (Wildman–Crippen MR) is 189 cm³/mol. The van der Waals surface area contributed by atoms with Crippen LogP contribution in [0.15, 0.2) is 180 Å². The van der Waals surface area contributed by atoms with Gasteiger partial charge in [-0.3, -0.25) is 0 Å². The van der Waals surface area contributed by atoms with Gasteiger partial charge in [-0.2, -0.15) is 0 Å². The van der Waals surface area contributed by atoms with Crippen molar-refractivity contribution in [1.29, 1.82) is 0 Å². The van der Waals surface area contributed by atoms with Gasteiger partial charge in [0.2, 0.25) is 0 Å². The van der Waals surface area contributed by atoms with Gasteiger partial charge in [0.05, 0.1) is 5.69 Å². The minimum atomic E-state index is 0.849. The average molecular weight is 579 g/mol. The highest BCUT2D eigenvalue weighted by Crippen LogP contribution is 2.41. The molecular weight excluding hydrogens is 548 g/mol. The molecule has 0 aliphatic rings. The van der Waals surface area contributed by atoms with E-state index >= 15 is 0 Å². The van der Waals surface area contributed by atoms with E-state index in [0.29, 0.717) is 0 Å². The fraction of sp³-hybridized carbons (Fsp3) is 0. The molecule has 0 radical (unpaired) electrons. The van der Waals surface area contributed by atoms with Crippen molar-refractivity contribution in [3.05, 3.63) is 176 Å². The zero-order chi connectivity index (χ0) is 30.0. The molecule has 1 aromatic heterocycles. The molecule has 1 N–H and O–H groups in total. The third-order valence-electron chi connectivity index (χ3n) is 8.21. The lowest BCUT2D eigenvalue weighted by Crippen LogP contribution is -2.10. The maximum Gasteiger partial charge on any atom is 0.158 e. The first-order chi connectivity index (χ1) is 22.3. The van der Waals surface area contributed by atoms with E-state index in [1.165, 1.54) is 11.1 Å². The molecule has 8 rings (SSSR count). The predicted octanol–water partition coefficient (Wildman–Crippen LogP) is 12.1. The minimum absolute atomic E-state index is 0.849. The van der Waals surface area contributed by atoms with E-state index < -0.39 is 0 Å². The van der Waals surface area contributed by atoms with E-state index in [1.807, 2.05) is 12.1 Å². The van der Waals surface area contributed by atoms with Crippen LogP contribution in [0.25, 0.3) is 44.2 Å². The van der Waals surface area contributed by atoms with Gasteiger partial charge in [0.1, 0.15) is 5.58 Å². The summed E-state index contributed by atoms with van der Waals surface area (Å²) in [6.07, 6.45) is 0. The maximum absolute atomic E-state index is 6.36. The molecule has 3 heteroatoms. The lowest BCUT2D eigenvalue weighted by Gasteiger charge is -2.27. The number of hydrogen-bond acceptors (Lipinski definition) is 3. The largest absolute Gasteiger partial charge is 0.454 e. The topological polar surface area (TPSA) is 28.4 Å². The van der Waals surface area contributed by atoms with E-state index in [9.17, 15) is 0 Å². The van der Waals surface area contributed by atoms with Crippen LogP contribution in [0, 0.1) is 0 Å². The highest BCUT2D eigenvalue weighted by atomic mass is 16.3. The van der Waals surface area contributed by atoms with Crippen LogP contribution in [-0.4, -0.2) is 0 Å². The summed E-state index contributed by atoms with van der Waals surface area (Å²) < 4.78 is 6.36. The van der Waals surface area contributed by atoms with E-state index in [4.69, 9.17) is 4.42 Å². The van der Waals surface area contributed by atoms with Crippen molar-refractivity contribution < 1.29 is 4.42 Å². The van der Waals surface area contributed by atoms with Crippen LogP contribution in [0.4, 0.5) is 28.4 Å². The molecule has 0 atom stereocenters. The molecule has 1 heterocycles. The Morgan fingerprint density at radius 1 is 0.400 bits per heavy atom. The lowest BCUT2D eigenvalue weighted by molar-refractivity contribution is 0.670. The standard InChI is InChI=1S/C42H30N2O/c1-4-13-30(14-5-1)32-23-25-36(26-24-32)44(35-17-8-3-9-18-35)37-28-33(31-15-6-2-7-16-31)27-34(29-37)43-40-21-12-20-39-38-19-10-11-22-41(38)45-42(39)40/h1-29,43H. The summed E-state index contributed by atoms with van der Waals surface area (Å²) in [5.41, 5.74) is 11.5. The van der Waals surface area contributed by atoms with Gasteiger partial charge >= 0.3 is 0 Å². The van der Waals surface area contributed by atoms with Crippen molar-refractivity contribution in [2.75, 3.05) is 10.2 Å². The summed E-state index contributed by atoms with van der Waals surface area (Å²) >= 11 is 0. The van der Waals surface area contributed by atoms with Crippen molar-refractivity contribution in [3.63, 3.8) is 0 Å². The van der Waals surface area contributed by atoms with Crippen LogP contribution in [0.1, 0.15) is 0 Å². The Morgan fingerprint density at radius 2 is 0.978 bits per heavy atom. The number of nitrogens with one attached hydrogen (secondary N) is 1. The highest BCUT2D eigenvalue weighted by Gasteiger charge is 2.17. The Hall–Kier alpha value is -6.06. The van der Waals surface area contributed by atoms with E-state index in [0.717, 1.165) is 61.5 Å².